The molecule has 148 valence electrons. The first kappa shape index (κ1) is 18.9. The van der Waals surface area contributed by atoms with Gasteiger partial charge >= 0.3 is 0 Å². The van der Waals surface area contributed by atoms with Crippen molar-refractivity contribution < 1.29 is 13.9 Å². The summed E-state index contributed by atoms with van der Waals surface area (Å²) in [5.74, 6) is 1.95. The fourth-order valence-electron chi connectivity index (χ4n) is 4.58. The molecule has 28 heavy (non-hydrogen) atoms. The molecule has 4 rings (SSSR count). The highest BCUT2D eigenvalue weighted by Crippen LogP contribution is 2.41. The van der Waals surface area contributed by atoms with Gasteiger partial charge in [-0.2, -0.15) is 0 Å². The minimum absolute atomic E-state index is 0.0498. The molecule has 0 saturated heterocycles. The molecule has 2 aromatic rings. The summed E-state index contributed by atoms with van der Waals surface area (Å²) in [6.07, 6.45) is 6.96. The number of hydrogen-bond acceptors (Lipinski definition) is 4. The van der Waals surface area contributed by atoms with E-state index in [1.54, 1.807) is 30.5 Å². The summed E-state index contributed by atoms with van der Waals surface area (Å²) in [5, 5.41) is 3.02. The SMILES string of the molecule is NC1C2CCCC1CC(C(=O)NCc1cc(Oc3ccc(F)cc3)ccn1)C2. The molecule has 2 fully saturated rings. The van der Waals surface area contributed by atoms with Crippen molar-refractivity contribution in [3.05, 3.63) is 54.1 Å². The van der Waals surface area contributed by atoms with Gasteiger partial charge in [-0.3, -0.25) is 9.78 Å². The van der Waals surface area contributed by atoms with Gasteiger partial charge in [0.25, 0.3) is 0 Å². The Hall–Kier alpha value is -2.47. The van der Waals surface area contributed by atoms with E-state index in [0.717, 1.165) is 31.4 Å². The predicted molar refractivity (Wildman–Crippen MR) is 104 cm³/mol. The van der Waals surface area contributed by atoms with Gasteiger partial charge in [-0.05, 0) is 67.9 Å². The first-order valence-corrected chi connectivity index (χ1v) is 10.00. The molecule has 6 heteroatoms. The molecule has 0 aliphatic heterocycles. The van der Waals surface area contributed by atoms with Gasteiger partial charge in [0.2, 0.25) is 5.91 Å². The van der Waals surface area contributed by atoms with Crippen LogP contribution >= 0.6 is 0 Å². The number of benzene rings is 1. The van der Waals surface area contributed by atoms with Gasteiger partial charge in [-0.15, -0.1) is 0 Å². The van der Waals surface area contributed by atoms with Crippen LogP contribution in [0.3, 0.4) is 0 Å². The van der Waals surface area contributed by atoms with Gasteiger partial charge in [0, 0.05) is 24.2 Å². The second-order valence-electron chi connectivity index (χ2n) is 7.95. The standard InChI is InChI=1S/C22H26FN3O2/c23-17-4-6-19(7-5-17)28-20-8-9-25-18(12-20)13-26-22(27)16-10-14-2-1-3-15(11-16)21(14)24/h4-9,12,14-16,21H,1-3,10-11,13,24H2,(H,26,27). The van der Waals surface area contributed by atoms with Crippen LogP contribution in [0.15, 0.2) is 42.6 Å². The molecule has 1 heterocycles. The van der Waals surface area contributed by atoms with Crippen LogP contribution in [0.4, 0.5) is 4.39 Å². The fourth-order valence-corrected chi connectivity index (χ4v) is 4.58. The molecule has 0 radical (unpaired) electrons. The Bertz CT molecular complexity index is 813. The van der Waals surface area contributed by atoms with Crippen LogP contribution in [0.5, 0.6) is 11.5 Å². The van der Waals surface area contributed by atoms with E-state index in [4.69, 9.17) is 10.5 Å². The van der Waals surface area contributed by atoms with Crippen LogP contribution in [0.2, 0.25) is 0 Å². The largest absolute Gasteiger partial charge is 0.457 e. The highest BCUT2D eigenvalue weighted by Gasteiger charge is 2.40. The van der Waals surface area contributed by atoms with E-state index < -0.39 is 0 Å². The van der Waals surface area contributed by atoms with Crippen molar-refractivity contribution in [1.29, 1.82) is 0 Å². The third-order valence-electron chi connectivity index (χ3n) is 6.06. The summed E-state index contributed by atoms with van der Waals surface area (Å²) in [6.45, 7) is 0.358. The molecule has 1 amide bonds. The van der Waals surface area contributed by atoms with Crippen molar-refractivity contribution >= 4 is 5.91 Å². The number of aromatic nitrogens is 1. The predicted octanol–water partition coefficient (Wildman–Crippen LogP) is 3.78. The maximum Gasteiger partial charge on any atom is 0.223 e. The van der Waals surface area contributed by atoms with Crippen molar-refractivity contribution in [3.8, 4) is 11.5 Å². The Balaban J connectivity index is 1.33. The molecule has 5 nitrogen and oxygen atoms in total. The Kier molecular flexibility index (Phi) is 5.57. The third-order valence-corrected chi connectivity index (χ3v) is 6.06. The second kappa shape index (κ2) is 8.27. The van der Waals surface area contributed by atoms with Crippen LogP contribution < -0.4 is 15.8 Å². The van der Waals surface area contributed by atoms with E-state index in [9.17, 15) is 9.18 Å². The summed E-state index contributed by atoms with van der Waals surface area (Å²) in [5.41, 5.74) is 7.05. The maximum absolute atomic E-state index is 13.0. The average Bonchev–Trinajstić information content (AvgIpc) is 2.68. The molecular weight excluding hydrogens is 357 g/mol. The van der Waals surface area contributed by atoms with Crippen molar-refractivity contribution in [2.75, 3.05) is 0 Å². The maximum atomic E-state index is 13.0. The number of carbonyl (C=O) groups excluding carboxylic acids is 1. The average molecular weight is 383 g/mol. The molecule has 2 bridgehead atoms. The molecule has 3 N–H and O–H groups in total. The van der Waals surface area contributed by atoms with Gasteiger partial charge in [0.15, 0.2) is 0 Å². The number of nitrogens with two attached hydrogens (primary N) is 1. The first-order chi connectivity index (χ1) is 13.6. The zero-order chi connectivity index (χ0) is 19.5. The minimum Gasteiger partial charge on any atom is -0.457 e. The smallest absolute Gasteiger partial charge is 0.223 e. The monoisotopic (exact) mass is 383 g/mol. The van der Waals surface area contributed by atoms with Crippen molar-refractivity contribution in [1.82, 2.24) is 10.3 Å². The van der Waals surface area contributed by atoms with Crippen LogP contribution in [-0.2, 0) is 11.3 Å². The summed E-state index contributed by atoms with van der Waals surface area (Å²) in [6, 6.07) is 9.63. The van der Waals surface area contributed by atoms with E-state index in [0.29, 0.717) is 29.9 Å². The quantitative estimate of drug-likeness (QED) is 0.824. The van der Waals surface area contributed by atoms with E-state index in [2.05, 4.69) is 10.3 Å². The number of halogens is 1. The number of fused-ring (bicyclic) bond motifs is 2. The van der Waals surface area contributed by atoms with E-state index in [1.165, 1.54) is 18.6 Å². The van der Waals surface area contributed by atoms with Crippen molar-refractivity contribution in [2.45, 2.75) is 44.7 Å². The third kappa shape index (κ3) is 4.33. The minimum atomic E-state index is -0.307. The molecule has 0 spiro atoms. The number of carbonyl (C=O) groups is 1. The van der Waals surface area contributed by atoms with Crippen LogP contribution in [-0.4, -0.2) is 16.9 Å². The number of pyridine rings is 1. The summed E-state index contributed by atoms with van der Waals surface area (Å²) in [7, 11) is 0. The van der Waals surface area contributed by atoms with Crippen LogP contribution in [0.25, 0.3) is 0 Å². The Labute approximate surface area is 164 Å². The number of rotatable bonds is 5. The van der Waals surface area contributed by atoms with Gasteiger partial charge in [0.1, 0.15) is 17.3 Å². The number of hydrogen-bond donors (Lipinski definition) is 2. The number of amides is 1. The molecule has 1 aromatic heterocycles. The zero-order valence-corrected chi connectivity index (χ0v) is 15.8. The van der Waals surface area contributed by atoms with E-state index in [1.807, 2.05) is 0 Å². The highest BCUT2D eigenvalue weighted by molar-refractivity contribution is 5.78. The highest BCUT2D eigenvalue weighted by atomic mass is 19.1. The molecule has 1 aromatic carbocycles. The van der Waals surface area contributed by atoms with E-state index >= 15 is 0 Å². The summed E-state index contributed by atoms with van der Waals surface area (Å²) < 4.78 is 18.7. The molecular formula is C22H26FN3O2. The lowest BCUT2D eigenvalue weighted by molar-refractivity contribution is -0.128. The van der Waals surface area contributed by atoms with Crippen molar-refractivity contribution in [2.24, 2.45) is 23.5 Å². The zero-order valence-electron chi connectivity index (χ0n) is 15.8. The van der Waals surface area contributed by atoms with Gasteiger partial charge in [-0.1, -0.05) is 6.42 Å². The molecule has 2 unspecified atom stereocenters. The lowest BCUT2D eigenvalue weighted by atomic mass is 9.65. The Morgan fingerprint density at radius 2 is 1.86 bits per heavy atom. The summed E-state index contributed by atoms with van der Waals surface area (Å²) in [4.78, 5) is 17.0. The van der Waals surface area contributed by atoms with Gasteiger partial charge in [-0.25, -0.2) is 4.39 Å². The number of ether oxygens (including phenoxy) is 1. The normalized spacial score (nSPS) is 26.5. The molecule has 2 aliphatic rings. The number of nitrogens with one attached hydrogen (secondary N) is 1. The molecule has 2 atom stereocenters. The van der Waals surface area contributed by atoms with Crippen LogP contribution in [0, 0.1) is 23.6 Å². The summed E-state index contributed by atoms with van der Waals surface area (Å²) >= 11 is 0. The Morgan fingerprint density at radius 1 is 1.14 bits per heavy atom. The number of nitrogens with zero attached hydrogens (tertiary/aromatic N) is 1. The Morgan fingerprint density at radius 3 is 2.57 bits per heavy atom. The first-order valence-electron chi connectivity index (χ1n) is 10.00. The molecule has 2 aliphatic carbocycles. The van der Waals surface area contributed by atoms with Crippen molar-refractivity contribution in [3.63, 3.8) is 0 Å². The molecule has 2 saturated carbocycles. The second-order valence-corrected chi connectivity index (χ2v) is 7.95. The topological polar surface area (TPSA) is 77.2 Å². The van der Waals surface area contributed by atoms with Crippen LogP contribution in [0.1, 0.15) is 37.8 Å². The lowest BCUT2D eigenvalue weighted by Crippen LogP contribution is -2.49. The van der Waals surface area contributed by atoms with Gasteiger partial charge in [0.05, 0.1) is 12.2 Å². The lowest BCUT2D eigenvalue weighted by Gasteiger charge is -2.43. The fraction of sp³-hybridized carbons (Fsp3) is 0.455. The van der Waals surface area contributed by atoms with Gasteiger partial charge < -0.3 is 15.8 Å². The van der Waals surface area contributed by atoms with E-state index in [-0.39, 0.29) is 23.7 Å².